The van der Waals surface area contributed by atoms with Gasteiger partial charge in [-0.25, -0.2) is 0 Å². The molecule has 0 saturated carbocycles. The highest BCUT2D eigenvalue weighted by Gasteiger charge is 2.34. The van der Waals surface area contributed by atoms with Crippen LogP contribution in [0.25, 0.3) is 0 Å². The highest BCUT2D eigenvalue weighted by Crippen LogP contribution is 2.05. The van der Waals surface area contributed by atoms with Crippen LogP contribution in [0.2, 0.25) is 0 Å². The van der Waals surface area contributed by atoms with Crippen molar-refractivity contribution in [2.45, 2.75) is 44.3 Å². The van der Waals surface area contributed by atoms with Crippen LogP contribution in [0.3, 0.4) is 0 Å². The normalized spacial score (nSPS) is 19.0. The molecule has 0 aliphatic heterocycles. The van der Waals surface area contributed by atoms with Crippen molar-refractivity contribution in [3.63, 3.8) is 0 Å². The van der Waals surface area contributed by atoms with Gasteiger partial charge in [0.1, 0.15) is 18.3 Å². The van der Waals surface area contributed by atoms with E-state index in [0.717, 1.165) is 0 Å². The second-order valence-electron chi connectivity index (χ2n) is 3.84. The van der Waals surface area contributed by atoms with Gasteiger partial charge in [-0.3, -0.25) is 4.79 Å². The number of hydrogen-bond donors (Lipinski definition) is 6. The number of aliphatic hydroxyl groups is 5. The standard InChI is InChI=1S/C9H19NO6/c1-4(2)10-9(16)8(15)7(14)6(13)5(12)3-11/h4-8,11-15H,3H2,1-2H3,(H,10,16)/t5?,6-,7-,8?/m0/s1. The molecule has 0 fully saturated rings. The minimum atomic E-state index is -1.86. The number of aliphatic hydroxyl groups excluding tert-OH is 5. The Balaban J connectivity index is 4.36. The summed E-state index contributed by atoms with van der Waals surface area (Å²) < 4.78 is 0. The molecule has 0 aromatic rings. The molecular formula is C9H19NO6. The zero-order valence-corrected chi connectivity index (χ0v) is 9.24. The number of hydrogen-bond acceptors (Lipinski definition) is 6. The maximum absolute atomic E-state index is 11.2. The fourth-order valence-corrected chi connectivity index (χ4v) is 1.05. The van der Waals surface area contributed by atoms with Crippen LogP contribution in [-0.4, -0.2) is 68.5 Å². The Labute approximate surface area is 93.3 Å². The van der Waals surface area contributed by atoms with Crippen LogP contribution in [-0.2, 0) is 4.79 Å². The molecule has 0 radical (unpaired) electrons. The number of rotatable bonds is 6. The number of amides is 1. The van der Waals surface area contributed by atoms with Crippen LogP contribution in [0.5, 0.6) is 0 Å². The molecule has 0 aliphatic carbocycles. The van der Waals surface area contributed by atoms with Crippen LogP contribution in [0.1, 0.15) is 13.8 Å². The van der Waals surface area contributed by atoms with Crippen molar-refractivity contribution in [2.24, 2.45) is 0 Å². The van der Waals surface area contributed by atoms with Gasteiger partial charge < -0.3 is 30.8 Å². The lowest BCUT2D eigenvalue weighted by molar-refractivity contribution is -0.149. The maximum Gasteiger partial charge on any atom is 0.251 e. The van der Waals surface area contributed by atoms with Crippen molar-refractivity contribution in [1.82, 2.24) is 5.32 Å². The third-order valence-corrected chi connectivity index (χ3v) is 1.95. The molecule has 6 N–H and O–H groups in total. The SMILES string of the molecule is CC(C)NC(=O)C(O)[C@@H](O)[C@@H](O)C(O)CO. The summed E-state index contributed by atoms with van der Waals surface area (Å²) in [5.74, 6) is -0.855. The van der Waals surface area contributed by atoms with Gasteiger partial charge in [0, 0.05) is 6.04 Å². The van der Waals surface area contributed by atoms with Crippen molar-refractivity contribution in [2.75, 3.05) is 6.61 Å². The van der Waals surface area contributed by atoms with Crippen molar-refractivity contribution >= 4 is 5.91 Å². The van der Waals surface area contributed by atoms with Crippen LogP contribution in [0, 0.1) is 0 Å². The Hall–Kier alpha value is -0.730. The first-order valence-corrected chi connectivity index (χ1v) is 4.94. The predicted molar refractivity (Wildman–Crippen MR) is 54.4 cm³/mol. The van der Waals surface area contributed by atoms with Gasteiger partial charge in [0.2, 0.25) is 0 Å². The van der Waals surface area contributed by atoms with Gasteiger partial charge in [-0.05, 0) is 13.8 Å². The van der Waals surface area contributed by atoms with E-state index in [4.69, 9.17) is 10.2 Å². The van der Waals surface area contributed by atoms with Crippen LogP contribution < -0.4 is 5.32 Å². The summed E-state index contributed by atoms with van der Waals surface area (Å²) >= 11 is 0. The average Bonchev–Trinajstić information content (AvgIpc) is 2.23. The lowest BCUT2D eigenvalue weighted by atomic mass is 10.0. The first-order chi connectivity index (χ1) is 7.31. The molecule has 2 unspecified atom stereocenters. The molecule has 16 heavy (non-hydrogen) atoms. The molecule has 0 aliphatic rings. The summed E-state index contributed by atoms with van der Waals surface area (Å²) in [5, 5.41) is 47.8. The molecule has 0 aromatic heterocycles. The van der Waals surface area contributed by atoms with Crippen molar-refractivity contribution in [3.8, 4) is 0 Å². The summed E-state index contributed by atoms with van der Waals surface area (Å²) in [6.45, 7) is 2.54. The van der Waals surface area contributed by atoms with Crippen LogP contribution >= 0.6 is 0 Å². The fourth-order valence-electron chi connectivity index (χ4n) is 1.05. The monoisotopic (exact) mass is 237 g/mol. The molecule has 0 bridgehead atoms. The smallest absolute Gasteiger partial charge is 0.251 e. The third-order valence-electron chi connectivity index (χ3n) is 1.95. The molecule has 7 heteroatoms. The molecule has 0 heterocycles. The zero-order valence-electron chi connectivity index (χ0n) is 9.24. The topological polar surface area (TPSA) is 130 Å². The van der Waals surface area contributed by atoms with Gasteiger partial charge in [0.15, 0.2) is 6.10 Å². The minimum Gasteiger partial charge on any atom is -0.394 e. The summed E-state index contributed by atoms with van der Waals surface area (Å²) in [7, 11) is 0. The Morgan fingerprint density at radius 2 is 1.62 bits per heavy atom. The Kier molecular flexibility index (Phi) is 6.46. The molecule has 0 spiro atoms. The van der Waals surface area contributed by atoms with E-state index >= 15 is 0 Å². The van der Waals surface area contributed by atoms with Crippen LogP contribution in [0.15, 0.2) is 0 Å². The Morgan fingerprint density at radius 3 is 2.00 bits per heavy atom. The first-order valence-electron chi connectivity index (χ1n) is 4.94. The molecule has 96 valence electrons. The second kappa shape index (κ2) is 6.77. The van der Waals surface area contributed by atoms with E-state index in [1.54, 1.807) is 13.8 Å². The van der Waals surface area contributed by atoms with Crippen LogP contribution in [0.4, 0.5) is 0 Å². The number of nitrogens with one attached hydrogen (secondary N) is 1. The summed E-state index contributed by atoms with van der Waals surface area (Å²) in [6, 6.07) is -0.228. The van der Waals surface area contributed by atoms with E-state index in [1.807, 2.05) is 0 Å². The zero-order chi connectivity index (χ0) is 12.9. The van der Waals surface area contributed by atoms with Gasteiger partial charge in [-0.15, -0.1) is 0 Å². The summed E-state index contributed by atoms with van der Waals surface area (Å²) in [6.07, 6.45) is -7.13. The Morgan fingerprint density at radius 1 is 1.12 bits per heavy atom. The van der Waals surface area contributed by atoms with E-state index in [0.29, 0.717) is 0 Å². The van der Waals surface area contributed by atoms with Crippen molar-refractivity contribution in [1.29, 1.82) is 0 Å². The lowest BCUT2D eigenvalue weighted by Crippen LogP contribution is -2.52. The fraction of sp³-hybridized carbons (Fsp3) is 0.889. The summed E-state index contributed by atoms with van der Waals surface area (Å²) in [5.41, 5.74) is 0. The average molecular weight is 237 g/mol. The highest BCUT2D eigenvalue weighted by atomic mass is 16.4. The van der Waals surface area contributed by atoms with Gasteiger partial charge in [-0.2, -0.15) is 0 Å². The van der Waals surface area contributed by atoms with Gasteiger partial charge in [0.05, 0.1) is 6.61 Å². The molecule has 0 aromatic carbocycles. The van der Waals surface area contributed by atoms with Crippen molar-refractivity contribution in [3.05, 3.63) is 0 Å². The van der Waals surface area contributed by atoms with Gasteiger partial charge in [-0.1, -0.05) is 0 Å². The van der Waals surface area contributed by atoms with E-state index in [2.05, 4.69) is 5.32 Å². The highest BCUT2D eigenvalue weighted by molar-refractivity contribution is 5.81. The second-order valence-corrected chi connectivity index (χ2v) is 3.84. The molecule has 0 rings (SSSR count). The Bertz CT molecular complexity index is 222. The molecular weight excluding hydrogens is 218 g/mol. The lowest BCUT2D eigenvalue weighted by Gasteiger charge is -2.25. The van der Waals surface area contributed by atoms with Gasteiger partial charge >= 0.3 is 0 Å². The molecule has 0 saturated heterocycles. The third kappa shape index (κ3) is 4.42. The van der Waals surface area contributed by atoms with Crippen molar-refractivity contribution < 1.29 is 30.3 Å². The summed E-state index contributed by atoms with van der Waals surface area (Å²) in [4.78, 5) is 11.2. The van der Waals surface area contributed by atoms with E-state index in [-0.39, 0.29) is 6.04 Å². The first kappa shape index (κ1) is 15.3. The van der Waals surface area contributed by atoms with Gasteiger partial charge in [0.25, 0.3) is 5.91 Å². The molecule has 1 amide bonds. The maximum atomic E-state index is 11.2. The number of carbonyl (C=O) groups excluding carboxylic acids is 1. The largest absolute Gasteiger partial charge is 0.394 e. The minimum absolute atomic E-state index is 0.228. The number of carbonyl (C=O) groups is 1. The molecule has 7 nitrogen and oxygen atoms in total. The molecule has 4 atom stereocenters. The quantitative estimate of drug-likeness (QED) is 0.291. The van der Waals surface area contributed by atoms with E-state index in [9.17, 15) is 20.1 Å². The van der Waals surface area contributed by atoms with E-state index in [1.165, 1.54) is 0 Å². The predicted octanol–water partition coefficient (Wildman–Crippen LogP) is -3.05. The van der Waals surface area contributed by atoms with E-state index < -0.39 is 36.9 Å².